The molecule has 1 aromatic carbocycles. The average Bonchev–Trinajstić information content (AvgIpc) is 3.11. The molecule has 4 nitrogen and oxygen atoms in total. The molecular formula is C18H18F3N3OS. The van der Waals surface area contributed by atoms with Crippen LogP contribution in [-0.4, -0.2) is 34.4 Å². The summed E-state index contributed by atoms with van der Waals surface area (Å²) in [6.45, 7) is 0.588. The van der Waals surface area contributed by atoms with Crippen LogP contribution >= 0.6 is 11.8 Å². The van der Waals surface area contributed by atoms with E-state index in [1.165, 1.54) is 0 Å². The van der Waals surface area contributed by atoms with Crippen molar-refractivity contribution >= 4 is 23.5 Å². The first-order chi connectivity index (χ1) is 12.4. The molecule has 2 amide bonds. The number of carbonyl (C=O) groups excluding carboxylic acids is 1. The molecule has 138 valence electrons. The number of anilines is 1. The molecule has 3 rings (SSSR count). The van der Waals surface area contributed by atoms with E-state index in [1.54, 1.807) is 35.4 Å². The SMILES string of the molecule is O=C(Nc1ccccc1SCC(F)(F)F)N1CCCC1c1ccccn1. The topological polar surface area (TPSA) is 45.2 Å². The fraction of sp³-hybridized carbons (Fsp3) is 0.333. The lowest BCUT2D eigenvalue weighted by molar-refractivity contribution is -0.105. The molecule has 1 aliphatic heterocycles. The number of urea groups is 1. The summed E-state index contributed by atoms with van der Waals surface area (Å²) in [5, 5.41) is 2.76. The first-order valence-corrected chi connectivity index (χ1v) is 9.20. The summed E-state index contributed by atoms with van der Waals surface area (Å²) in [5.74, 6) is -1.000. The molecule has 0 aliphatic carbocycles. The monoisotopic (exact) mass is 381 g/mol. The van der Waals surface area contributed by atoms with Crippen LogP contribution in [0.2, 0.25) is 0 Å². The molecule has 26 heavy (non-hydrogen) atoms. The van der Waals surface area contributed by atoms with Gasteiger partial charge in [-0.2, -0.15) is 13.2 Å². The van der Waals surface area contributed by atoms with Gasteiger partial charge in [-0.25, -0.2) is 4.79 Å². The first-order valence-electron chi connectivity index (χ1n) is 8.21. The maximum Gasteiger partial charge on any atom is 0.398 e. The maximum atomic E-state index is 12.7. The van der Waals surface area contributed by atoms with Gasteiger partial charge in [-0.15, -0.1) is 11.8 Å². The highest BCUT2D eigenvalue weighted by atomic mass is 32.2. The highest BCUT2D eigenvalue weighted by Gasteiger charge is 2.31. The average molecular weight is 381 g/mol. The number of aromatic nitrogens is 1. The summed E-state index contributed by atoms with van der Waals surface area (Å²) in [6, 6.07) is 11.7. The predicted molar refractivity (Wildman–Crippen MR) is 95.2 cm³/mol. The van der Waals surface area contributed by atoms with Gasteiger partial charge in [-0.3, -0.25) is 4.98 Å². The van der Waals surface area contributed by atoms with E-state index in [4.69, 9.17) is 0 Å². The van der Waals surface area contributed by atoms with Crippen molar-refractivity contribution in [2.24, 2.45) is 0 Å². The van der Waals surface area contributed by atoms with Crippen LogP contribution in [0.1, 0.15) is 24.6 Å². The zero-order valence-electron chi connectivity index (χ0n) is 13.9. The second-order valence-electron chi connectivity index (χ2n) is 5.94. The third kappa shape index (κ3) is 4.69. The van der Waals surface area contributed by atoms with Gasteiger partial charge in [0.05, 0.1) is 23.2 Å². The standard InChI is InChI=1S/C18H18F3N3OS/c19-18(20,21)12-26-16-9-2-1-7-14(16)23-17(25)24-11-5-8-15(24)13-6-3-4-10-22-13/h1-4,6-7,9-10,15H,5,8,11-12H2,(H,23,25). The number of benzene rings is 1. The number of para-hydroxylation sites is 1. The Hall–Kier alpha value is -2.22. The Morgan fingerprint density at radius 3 is 2.73 bits per heavy atom. The largest absolute Gasteiger partial charge is 0.398 e. The van der Waals surface area contributed by atoms with Gasteiger partial charge in [0.25, 0.3) is 0 Å². The highest BCUT2D eigenvalue weighted by Crippen LogP contribution is 2.34. The minimum atomic E-state index is -4.26. The molecule has 0 saturated carbocycles. The number of hydrogen-bond acceptors (Lipinski definition) is 3. The molecule has 0 spiro atoms. The predicted octanol–water partition coefficient (Wildman–Crippen LogP) is 5.11. The smallest absolute Gasteiger partial charge is 0.316 e. The van der Waals surface area contributed by atoms with Gasteiger partial charge in [0, 0.05) is 17.6 Å². The Labute approximate surface area is 153 Å². The van der Waals surface area contributed by atoms with Gasteiger partial charge in [0.15, 0.2) is 0 Å². The third-order valence-corrected chi connectivity index (χ3v) is 5.20. The lowest BCUT2D eigenvalue weighted by Crippen LogP contribution is -2.34. The number of hydrogen-bond donors (Lipinski definition) is 1. The zero-order chi connectivity index (χ0) is 18.6. The van der Waals surface area contributed by atoms with Crippen molar-refractivity contribution in [1.82, 2.24) is 9.88 Å². The van der Waals surface area contributed by atoms with Gasteiger partial charge < -0.3 is 10.2 Å². The lowest BCUT2D eigenvalue weighted by atomic mass is 10.1. The summed E-state index contributed by atoms with van der Waals surface area (Å²) >= 11 is 0.665. The molecule has 1 unspecified atom stereocenters. The minimum Gasteiger partial charge on any atom is -0.316 e. The van der Waals surface area contributed by atoms with Crippen LogP contribution in [0.25, 0.3) is 0 Å². The quantitative estimate of drug-likeness (QED) is 0.749. The van der Waals surface area contributed by atoms with Crippen molar-refractivity contribution in [2.75, 3.05) is 17.6 Å². The molecule has 8 heteroatoms. The van der Waals surface area contributed by atoms with Gasteiger partial charge in [0.2, 0.25) is 0 Å². The van der Waals surface area contributed by atoms with E-state index in [9.17, 15) is 18.0 Å². The number of pyridine rings is 1. The number of likely N-dealkylation sites (tertiary alicyclic amines) is 1. The van der Waals surface area contributed by atoms with E-state index in [1.807, 2.05) is 18.2 Å². The van der Waals surface area contributed by atoms with E-state index < -0.39 is 11.9 Å². The van der Waals surface area contributed by atoms with Crippen LogP contribution in [0, 0.1) is 0 Å². The summed E-state index contributed by atoms with van der Waals surface area (Å²) < 4.78 is 37.5. The highest BCUT2D eigenvalue weighted by molar-refractivity contribution is 7.99. The number of rotatable bonds is 4. The second kappa shape index (κ2) is 7.99. The van der Waals surface area contributed by atoms with E-state index in [2.05, 4.69) is 10.3 Å². The molecule has 1 saturated heterocycles. The van der Waals surface area contributed by atoms with Crippen molar-refractivity contribution in [3.8, 4) is 0 Å². The van der Waals surface area contributed by atoms with E-state index in [0.717, 1.165) is 18.5 Å². The summed E-state index contributed by atoms with van der Waals surface area (Å²) in [6.07, 6.45) is -0.901. The molecule has 1 atom stereocenters. The van der Waals surface area contributed by atoms with Gasteiger partial charge >= 0.3 is 12.2 Å². The summed E-state index contributed by atoms with van der Waals surface area (Å²) in [7, 11) is 0. The Morgan fingerprint density at radius 1 is 1.23 bits per heavy atom. The summed E-state index contributed by atoms with van der Waals surface area (Å²) in [5.41, 5.74) is 1.21. The molecule has 2 aromatic rings. The minimum absolute atomic E-state index is 0.119. The molecule has 1 aliphatic rings. The Balaban J connectivity index is 1.72. The molecule has 0 bridgehead atoms. The molecule has 1 N–H and O–H groups in total. The van der Waals surface area contributed by atoms with E-state index >= 15 is 0 Å². The molecule has 2 heterocycles. The van der Waals surface area contributed by atoms with Crippen molar-refractivity contribution in [1.29, 1.82) is 0 Å². The van der Waals surface area contributed by atoms with Crippen LogP contribution in [0.3, 0.4) is 0 Å². The molecule has 0 radical (unpaired) electrons. The van der Waals surface area contributed by atoms with E-state index in [-0.39, 0.29) is 12.1 Å². The molecular weight excluding hydrogens is 363 g/mol. The van der Waals surface area contributed by atoms with Crippen molar-refractivity contribution in [3.05, 3.63) is 54.4 Å². The Morgan fingerprint density at radius 2 is 2.00 bits per heavy atom. The first kappa shape index (κ1) is 18.6. The van der Waals surface area contributed by atoms with Crippen LogP contribution < -0.4 is 5.32 Å². The number of carbonyl (C=O) groups is 1. The fourth-order valence-electron chi connectivity index (χ4n) is 2.93. The second-order valence-corrected chi connectivity index (χ2v) is 6.95. The number of thioether (sulfide) groups is 1. The van der Waals surface area contributed by atoms with Gasteiger partial charge in [-0.1, -0.05) is 18.2 Å². The lowest BCUT2D eigenvalue weighted by Gasteiger charge is -2.25. The van der Waals surface area contributed by atoms with Crippen LogP contribution in [0.4, 0.5) is 23.7 Å². The molecule has 1 aromatic heterocycles. The summed E-state index contributed by atoms with van der Waals surface area (Å²) in [4.78, 5) is 19.1. The fourth-order valence-corrected chi connectivity index (χ4v) is 3.70. The number of amides is 2. The Kier molecular flexibility index (Phi) is 5.70. The number of halogens is 3. The van der Waals surface area contributed by atoms with Crippen LogP contribution in [0.5, 0.6) is 0 Å². The van der Waals surface area contributed by atoms with E-state index in [0.29, 0.717) is 28.9 Å². The Bertz CT molecular complexity index is 755. The number of alkyl halides is 3. The van der Waals surface area contributed by atoms with Crippen molar-refractivity contribution in [3.63, 3.8) is 0 Å². The van der Waals surface area contributed by atoms with Gasteiger partial charge in [0.1, 0.15) is 0 Å². The zero-order valence-corrected chi connectivity index (χ0v) is 14.7. The number of nitrogens with one attached hydrogen (secondary N) is 1. The molecule has 1 fully saturated rings. The van der Waals surface area contributed by atoms with Gasteiger partial charge in [-0.05, 0) is 37.1 Å². The van der Waals surface area contributed by atoms with Crippen molar-refractivity contribution < 1.29 is 18.0 Å². The normalized spacial score (nSPS) is 17.3. The third-order valence-electron chi connectivity index (χ3n) is 4.06. The number of nitrogens with zero attached hydrogens (tertiary/aromatic N) is 2. The van der Waals surface area contributed by atoms with Crippen molar-refractivity contribution in [2.45, 2.75) is 30.0 Å². The van der Waals surface area contributed by atoms with Crippen LogP contribution in [-0.2, 0) is 0 Å². The van der Waals surface area contributed by atoms with Crippen LogP contribution in [0.15, 0.2) is 53.6 Å². The maximum absolute atomic E-state index is 12.7.